The predicted octanol–water partition coefficient (Wildman–Crippen LogP) is 2.56. The lowest BCUT2D eigenvalue weighted by molar-refractivity contribution is -0.253. The van der Waals surface area contributed by atoms with Crippen molar-refractivity contribution in [2.45, 2.75) is 54.3 Å². The van der Waals surface area contributed by atoms with E-state index in [1.54, 1.807) is 20.8 Å². The number of carbonyl (C=O) groups is 3. The van der Waals surface area contributed by atoms with Gasteiger partial charge in [-0.2, -0.15) is 0 Å². The molecule has 0 aliphatic heterocycles. The van der Waals surface area contributed by atoms with E-state index in [0.29, 0.717) is 0 Å². The number of carbonyl (C=O) groups excluding carboxylic acids is 3. The molecule has 0 aliphatic carbocycles. The van der Waals surface area contributed by atoms with Crippen molar-refractivity contribution in [3.05, 3.63) is 24.3 Å². The second-order valence-corrected chi connectivity index (χ2v) is 7.63. The normalized spacial score (nSPS) is 14.3. The van der Waals surface area contributed by atoms with Crippen molar-refractivity contribution in [2.75, 3.05) is 6.61 Å². The van der Waals surface area contributed by atoms with Gasteiger partial charge in [0.05, 0.1) is 5.41 Å². The fourth-order valence-corrected chi connectivity index (χ4v) is 1.69. The quantitative estimate of drug-likeness (QED) is 0.435. The summed E-state index contributed by atoms with van der Waals surface area (Å²) in [5.41, 5.74) is -2.19. The molecule has 1 unspecified atom stereocenters. The van der Waals surface area contributed by atoms with Crippen molar-refractivity contribution in [2.24, 2.45) is 10.8 Å². The minimum absolute atomic E-state index is 0.0323. The van der Waals surface area contributed by atoms with Crippen LogP contribution in [-0.2, 0) is 23.9 Å². The van der Waals surface area contributed by atoms with E-state index < -0.39 is 34.3 Å². The minimum Gasteiger partial charge on any atom is -0.461 e. The van der Waals surface area contributed by atoms with E-state index in [1.807, 2.05) is 0 Å². The van der Waals surface area contributed by atoms with Crippen LogP contribution in [0.2, 0.25) is 0 Å². The van der Waals surface area contributed by atoms with E-state index in [2.05, 4.69) is 13.2 Å². The summed E-state index contributed by atoms with van der Waals surface area (Å²) in [4.78, 5) is 36.3. The van der Waals surface area contributed by atoms with Crippen LogP contribution in [0.3, 0.4) is 0 Å². The van der Waals surface area contributed by atoms with Crippen molar-refractivity contribution in [3.8, 4) is 0 Å². The number of Topliss-reactive ketones (excluding diaryl/α,β-unsaturated/α-hetero) is 1. The van der Waals surface area contributed by atoms with Crippen molar-refractivity contribution >= 4 is 17.7 Å². The molecule has 24 heavy (non-hydrogen) atoms. The summed E-state index contributed by atoms with van der Waals surface area (Å²) in [6.07, 6.45) is 0. The molecule has 0 saturated heterocycles. The summed E-state index contributed by atoms with van der Waals surface area (Å²) < 4.78 is 10.2. The predicted molar refractivity (Wildman–Crippen MR) is 89.9 cm³/mol. The van der Waals surface area contributed by atoms with Crippen molar-refractivity contribution in [3.63, 3.8) is 0 Å². The number of hydrogen-bond acceptors (Lipinski definition) is 6. The zero-order valence-corrected chi connectivity index (χ0v) is 15.6. The minimum atomic E-state index is -2.49. The average molecular weight is 340 g/mol. The molecule has 1 N–H and O–H groups in total. The molecule has 0 saturated carbocycles. The molecule has 0 fully saturated rings. The Kier molecular flexibility index (Phi) is 6.71. The van der Waals surface area contributed by atoms with Crippen LogP contribution < -0.4 is 0 Å². The van der Waals surface area contributed by atoms with Crippen LogP contribution in [0.25, 0.3) is 0 Å². The third-order valence-electron chi connectivity index (χ3n) is 3.41. The van der Waals surface area contributed by atoms with Crippen molar-refractivity contribution < 1.29 is 29.0 Å². The first-order chi connectivity index (χ1) is 10.6. The van der Waals surface area contributed by atoms with Crippen LogP contribution in [0.4, 0.5) is 0 Å². The van der Waals surface area contributed by atoms with Crippen molar-refractivity contribution in [1.29, 1.82) is 0 Å². The molecule has 0 radical (unpaired) electrons. The Bertz CT molecular complexity index is 565. The topological polar surface area (TPSA) is 89.9 Å². The number of hydrogen-bond donors (Lipinski definition) is 1. The maximum Gasteiger partial charge on any atom is 0.336 e. The van der Waals surface area contributed by atoms with Crippen molar-refractivity contribution in [1.82, 2.24) is 0 Å². The monoisotopic (exact) mass is 340 g/mol. The van der Waals surface area contributed by atoms with Gasteiger partial charge in [-0.15, -0.1) is 0 Å². The van der Waals surface area contributed by atoms with Crippen LogP contribution in [0.5, 0.6) is 0 Å². The summed E-state index contributed by atoms with van der Waals surface area (Å²) in [5, 5.41) is 11.0. The highest BCUT2D eigenvalue weighted by Crippen LogP contribution is 2.39. The Morgan fingerprint density at radius 3 is 1.67 bits per heavy atom. The molecule has 0 spiro atoms. The Balaban J connectivity index is 5.78. The highest BCUT2D eigenvalue weighted by Gasteiger charge is 2.57. The molecule has 6 heteroatoms. The second-order valence-electron chi connectivity index (χ2n) is 7.63. The molecule has 0 amide bonds. The van der Waals surface area contributed by atoms with Gasteiger partial charge in [0.2, 0.25) is 5.78 Å². The lowest BCUT2D eigenvalue weighted by Crippen LogP contribution is -2.60. The Labute approximate surface area is 143 Å². The molecule has 136 valence electrons. The van der Waals surface area contributed by atoms with Gasteiger partial charge in [-0.25, -0.2) is 9.59 Å². The van der Waals surface area contributed by atoms with Gasteiger partial charge in [0.15, 0.2) is 0 Å². The van der Waals surface area contributed by atoms with E-state index in [9.17, 15) is 19.5 Å². The number of ether oxygens (including phenoxy) is 2. The fraction of sp³-hybridized carbons (Fsp3) is 0.611. The highest BCUT2D eigenvalue weighted by molar-refractivity contribution is 5.95. The summed E-state index contributed by atoms with van der Waals surface area (Å²) in [6.45, 7) is 17.1. The highest BCUT2D eigenvalue weighted by atomic mass is 16.7. The molecule has 0 aromatic carbocycles. The van der Waals surface area contributed by atoms with Gasteiger partial charge in [-0.1, -0.05) is 33.9 Å². The average Bonchev–Trinajstić information content (AvgIpc) is 2.42. The lowest BCUT2D eigenvalue weighted by atomic mass is 9.73. The maximum absolute atomic E-state index is 12.8. The summed E-state index contributed by atoms with van der Waals surface area (Å²) in [7, 11) is 0. The van der Waals surface area contributed by atoms with Gasteiger partial charge in [-0.3, -0.25) is 4.79 Å². The van der Waals surface area contributed by atoms with Gasteiger partial charge < -0.3 is 14.6 Å². The zero-order chi connectivity index (χ0) is 19.5. The van der Waals surface area contributed by atoms with E-state index in [4.69, 9.17) is 9.47 Å². The van der Waals surface area contributed by atoms with E-state index in [1.165, 1.54) is 27.7 Å². The molecule has 0 aromatic heterocycles. The number of esters is 2. The van der Waals surface area contributed by atoms with Crippen LogP contribution in [0.1, 0.15) is 48.5 Å². The summed E-state index contributed by atoms with van der Waals surface area (Å²) in [5.74, 6) is -4.77. The Hall–Kier alpha value is -1.95. The molecule has 0 heterocycles. The van der Waals surface area contributed by atoms with Gasteiger partial charge in [0.25, 0.3) is 5.79 Å². The first-order valence-electron chi connectivity index (χ1n) is 7.55. The largest absolute Gasteiger partial charge is 0.461 e. The molecule has 0 aliphatic rings. The maximum atomic E-state index is 12.8. The van der Waals surface area contributed by atoms with Gasteiger partial charge in [-0.05, 0) is 27.7 Å². The fourth-order valence-electron chi connectivity index (χ4n) is 1.69. The molecule has 0 rings (SSSR count). The number of rotatable bonds is 7. The first kappa shape index (κ1) is 22.1. The summed E-state index contributed by atoms with van der Waals surface area (Å²) in [6, 6.07) is 0. The molecule has 1 atom stereocenters. The van der Waals surface area contributed by atoms with Gasteiger partial charge in [0.1, 0.15) is 6.61 Å². The van der Waals surface area contributed by atoms with Gasteiger partial charge in [0, 0.05) is 16.6 Å². The molecule has 0 aromatic rings. The Morgan fingerprint density at radius 1 is 0.917 bits per heavy atom. The van der Waals surface area contributed by atoms with Crippen LogP contribution >= 0.6 is 0 Å². The number of aliphatic hydroxyl groups is 1. The van der Waals surface area contributed by atoms with E-state index in [-0.39, 0.29) is 17.8 Å². The zero-order valence-electron chi connectivity index (χ0n) is 15.6. The lowest BCUT2D eigenvalue weighted by Gasteiger charge is -2.42. The first-order valence-corrected chi connectivity index (χ1v) is 7.55. The molecule has 6 nitrogen and oxygen atoms in total. The molecular formula is C18H28O6. The third kappa shape index (κ3) is 5.03. The molecular weight excluding hydrogens is 312 g/mol. The summed E-state index contributed by atoms with van der Waals surface area (Å²) >= 11 is 0. The smallest absolute Gasteiger partial charge is 0.336 e. The second kappa shape index (κ2) is 7.30. The van der Waals surface area contributed by atoms with E-state index >= 15 is 0 Å². The van der Waals surface area contributed by atoms with Crippen LogP contribution in [0.15, 0.2) is 24.3 Å². The standard InChI is InChI=1S/C18H28O6/c1-11(2)13(19)23-10-17(8,9)18(22,15(21)16(5,6)7)24-14(20)12(3)4/h22H,1,3,10H2,2,4-9H3. The van der Waals surface area contributed by atoms with Gasteiger partial charge >= 0.3 is 11.9 Å². The number of ketones is 1. The van der Waals surface area contributed by atoms with Crippen LogP contribution in [-0.4, -0.2) is 35.2 Å². The molecule has 0 bridgehead atoms. The van der Waals surface area contributed by atoms with E-state index in [0.717, 1.165) is 0 Å². The SMILES string of the molecule is C=C(C)C(=O)OCC(C)(C)C(O)(OC(=O)C(=C)C)C(=O)C(C)(C)C. The Morgan fingerprint density at radius 2 is 1.33 bits per heavy atom. The van der Waals surface area contributed by atoms with Crippen LogP contribution in [0, 0.1) is 10.8 Å². The third-order valence-corrected chi connectivity index (χ3v) is 3.41.